The summed E-state index contributed by atoms with van der Waals surface area (Å²) in [5.74, 6) is -0.0203. The van der Waals surface area contributed by atoms with Gasteiger partial charge in [-0.1, -0.05) is 26.0 Å². The Kier molecular flexibility index (Phi) is 5.58. The van der Waals surface area contributed by atoms with Gasteiger partial charge in [-0.15, -0.1) is 0 Å². The van der Waals surface area contributed by atoms with E-state index in [1.807, 2.05) is 0 Å². The van der Waals surface area contributed by atoms with Gasteiger partial charge in [-0.3, -0.25) is 0 Å². The molecule has 1 aromatic carbocycles. The quantitative estimate of drug-likeness (QED) is 0.754. The average molecular weight is 253 g/mol. The lowest BCUT2D eigenvalue weighted by molar-refractivity contribution is 0.246. The van der Waals surface area contributed by atoms with Gasteiger partial charge in [-0.2, -0.15) is 0 Å². The van der Waals surface area contributed by atoms with Gasteiger partial charge >= 0.3 is 6.03 Å². The molecule has 2 amide bonds. The molecule has 1 rings (SSSR count). The fourth-order valence-electron chi connectivity index (χ4n) is 1.69. The highest BCUT2D eigenvalue weighted by Crippen LogP contribution is 2.12. The smallest absolute Gasteiger partial charge is 0.319 e. The van der Waals surface area contributed by atoms with Crippen molar-refractivity contribution < 1.29 is 9.18 Å². The predicted octanol–water partition coefficient (Wildman–Crippen LogP) is 2.32. The molecule has 1 unspecified atom stereocenters. The van der Waals surface area contributed by atoms with Gasteiger partial charge in [0.1, 0.15) is 5.82 Å². The lowest BCUT2D eigenvalue weighted by atomic mass is 10.0. The molecule has 4 N–H and O–H groups in total. The normalized spacial score (nSPS) is 12.3. The summed E-state index contributed by atoms with van der Waals surface area (Å²) in [6.45, 7) is 4.47. The molecule has 0 saturated carbocycles. The van der Waals surface area contributed by atoms with Gasteiger partial charge in [0, 0.05) is 12.6 Å². The van der Waals surface area contributed by atoms with Crippen LogP contribution in [-0.4, -0.2) is 18.6 Å². The van der Waals surface area contributed by atoms with Crippen LogP contribution >= 0.6 is 0 Å². The molecule has 0 heterocycles. The monoisotopic (exact) mass is 253 g/mol. The van der Waals surface area contributed by atoms with Gasteiger partial charge in [-0.05, 0) is 24.5 Å². The molecule has 0 radical (unpaired) electrons. The Hall–Kier alpha value is -1.62. The van der Waals surface area contributed by atoms with Crippen molar-refractivity contribution in [2.75, 3.05) is 11.9 Å². The number of hydrogen-bond acceptors (Lipinski definition) is 2. The van der Waals surface area contributed by atoms with Crippen LogP contribution in [0.15, 0.2) is 24.3 Å². The SMILES string of the molecule is CC(C)CC(CN)NC(=O)Nc1ccccc1F. The number of para-hydroxylation sites is 1. The first-order chi connectivity index (χ1) is 8.52. The van der Waals surface area contributed by atoms with Crippen molar-refractivity contribution in [3.8, 4) is 0 Å². The van der Waals surface area contributed by atoms with Crippen LogP contribution in [0.25, 0.3) is 0 Å². The van der Waals surface area contributed by atoms with Gasteiger partial charge < -0.3 is 16.4 Å². The molecule has 4 nitrogen and oxygen atoms in total. The minimum atomic E-state index is -0.458. The van der Waals surface area contributed by atoms with Crippen molar-refractivity contribution in [2.24, 2.45) is 11.7 Å². The molecular formula is C13H20FN3O. The van der Waals surface area contributed by atoms with Gasteiger partial charge in [0.15, 0.2) is 0 Å². The summed E-state index contributed by atoms with van der Waals surface area (Å²) < 4.78 is 13.3. The third-order valence-corrected chi connectivity index (χ3v) is 2.50. The zero-order valence-electron chi connectivity index (χ0n) is 10.7. The molecule has 5 heteroatoms. The molecule has 1 atom stereocenters. The third kappa shape index (κ3) is 4.71. The Morgan fingerprint density at radius 3 is 2.61 bits per heavy atom. The van der Waals surface area contributed by atoms with Crippen molar-refractivity contribution in [3.63, 3.8) is 0 Å². The standard InChI is InChI=1S/C13H20FN3O/c1-9(2)7-10(8-15)16-13(18)17-12-6-4-3-5-11(12)14/h3-6,9-10H,7-8,15H2,1-2H3,(H2,16,17,18). The fourth-order valence-corrected chi connectivity index (χ4v) is 1.69. The van der Waals surface area contributed by atoms with Crippen molar-refractivity contribution in [1.29, 1.82) is 0 Å². The molecular weight excluding hydrogens is 233 g/mol. The predicted molar refractivity (Wildman–Crippen MR) is 70.9 cm³/mol. The van der Waals surface area contributed by atoms with Crippen LogP contribution in [0.2, 0.25) is 0 Å². The Morgan fingerprint density at radius 1 is 1.39 bits per heavy atom. The van der Waals surface area contributed by atoms with E-state index in [-0.39, 0.29) is 11.7 Å². The average Bonchev–Trinajstić information content (AvgIpc) is 2.30. The van der Waals surface area contributed by atoms with E-state index >= 15 is 0 Å². The van der Waals surface area contributed by atoms with E-state index in [9.17, 15) is 9.18 Å². The minimum Gasteiger partial charge on any atom is -0.334 e. The van der Waals surface area contributed by atoms with Gasteiger partial charge in [0.05, 0.1) is 5.69 Å². The van der Waals surface area contributed by atoms with E-state index in [0.717, 1.165) is 6.42 Å². The van der Waals surface area contributed by atoms with Crippen LogP contribution in [0.4, 0.5) is 14.9 Å². The minimum absolute atomic E-state index is 0.100. The van der Waals surface area contributed by atoms with Gasteiger partial charge in [0.25, 0.3) is 0 Å². The summed E-state index contributed by atoms with van der Waals surface area (Å²) in [5, 5.41) is 5.20. The number of nitrogens with one attached hydrogen (secondary N) is 2. The molecule has 1 aromatic rings. The van der Waals surface area contributed by atoms with Crippen LogP contribution < -0.4 is 16.4 Å². The molecule has 0 aliphatic rings. The highest BCUT2D eigenvalue weighted by atomic mass is 19.1. The third-order valence-electron chi connectivity index (χ3n) is 2.50. The second kappa shape index (κ2) is 6.96. The molecule has 0 bridgehead atoms. The Labute approximate surface area is 107 Å². The molecule has 0 aromatic heterocycles. The lowest BCUT2D eigenvalue weighted by Gasteiger charge is -2.19. The fraction of sp³-hybridized carbons (Fsp3) is 0.462. The van der Waals surface area contributed by atoms with Crippen LogP contribution in [0.5, 0.6) is 0 Å². The molecule has 18 heavy (non-hydrogen) atoms. The maximum atomic E-state index is 13.3. The van der Waals surface area contributed by atoms with Crippen LogP contribution in [-0.2, 0) is 0 Å². The van der Waals surface area contributed by atoms with Crippen LogP contribution in [0.1, 0.15) is 20.3 Å². The molecule has 0 aliphatic carbocycles. The first-order valence-corrected chi connectivity index (χ1v) is 6.05. The van der Waals surface area contributed by atoms with E-state index in [4.69, 9.17) is 5.73 Å². The van der Waals surface area contributed by atoms with Crippen molar-refractivity contribution >= 4 is 11.7 Å². The number of carbonyl (C=O) groups is 1. The van der Waals surface area contributed by atoms with Gasteiger partial charge in [0.2, 0.25) is 0 Å². The van der Waals surface area contributed by atoms with E-state index in [1.54, 1.807) is 12.1 Å². The maximum absolute atomic E-state index is 13.3. The second-order valence-electron chi connectivity index (χ2n) is 4.64. The Balaban J connectivity index is 2.53. The first kappa shape index (κ1) is 14.4. The zero-order chi connectivity index (χ0) is 13.5. The lowest BCUT2D eigenvalue weighted by Crippen LogP contribution is -2.43. The second-order valence-corrected chi connectivity index (χ2v) is 4.64. The molecule has 0 spiro atoms. The summed E-state index contributed by atoms with van der Waals surface area (Å²) in [6, 6.07) is 5.50. The van der Waals surface area contributed by atoms with Crippen molar-refractivity contribution in [1.82, 2.24) is 5.32 Å². The number of urea groups is 1. The van der Waals surface area contributed by atoms with E-state index in [0.29, 0.717) is 12.5 Å². The van der Waals surface area contributed by atoms with Crippen molar-refractivity contribution in [2.45, 2.75) is 26.3 Å². The molecule has 0 saturated heterocycles. The summed E-state index contributed by atoms with van der Waals surface area (Å²) in [6.07, 6.45) is 0.793. The zero-order valence-corrected chi connectivity index (χ0v) is 10.7. The summed E-state index contributed by atoms with van der Waals surface area (Å²) in [5.41, 5.74) is 5.74. The number of hydrogen-bond donors (Lipinski definition) is 3. The number of benzene rings is 1. The summed E-state index contributed by atoms with van der Waals surface area (Å²) >= 11 is 0. The number of halogens is 1. The molecule has 0 aliphatic heterocycles. The summed E-state index contributed by atoms with van der Waals surface area (Å²) in [4.78, 5) is 11.7. The van der Waals surface area contributed by atoms with E-state index < -0.39 is 11.8 Å². The first-order valence-electron chi connectivity index (χ1n) is 6.05. The summed E-state index contributed by atoms with van der Waals surface area (Å²) in [7, 11) is 0. The number of amides is 2. The Bertz CT molecular complexity index is 396. The van der Waals surface area contributed by atoms with Crippen LogP contribution in [0.3, 0.4) is 0 Å². The number of rotatable bonds is 5. The van der Waals surface area contributed by atoms with Crippen molar-refractivity contribution in [3.05, 3.63) is 30.1 Å². The number of anilines is 1. The topological polar surface area (TPSA) is 67.1 Å². The van der Waals surface area contributed by atoms with Crippen LogP contribution in [0, 0.1) is 11.7 Å². The highest BCUT2D eigenvalue weighted by molar-refractivity contribution is 5.89. The van der Waals surface area contributed by atoms with E-state index in [2.05, 4.69) is 24.5 Å². The largest absolute Gasteiger partial charge is 0.334 e. The maximum Gasteiger partial charge on any atom is 0.319 e. The van der Waals surface area contributed by atoms with E-state index in [1.165, 1.54) is 12.1 Å². The highest BCUT2D eigenvalue weighted by Gasteiger charge is 2.13. The molecule has 0 fully saturated rings. The number of nitrogens with two attached hydrogens (primary N) is 1. The molecule has 100 valence electrons. The van der Waals surface area contributed by atoms with Gasteiger partial charge in [-0.25, -0.2) is 9.18 Å². The Morgan fingerprint density at radius 2 is 2.06 bits per heavy atom. The number of carbonyl (C=O) groups excluding carboxylic acids is 1.